The van der Waals surface area contributed by atoms with Crippen LogP contribution in [-0.4, -0.2) is 6.54 Å². The summed E-state index contributed by atoms with van der Waals surface area (Å²) in [6.45, 7) is 2.72. The molecule has 0 aromatic heterocycles. The number of benzene rings is 2. The van der Waals surface area contributed by atoms with Gasteiger partial charge >= 0.3 is 0 Å². The van der Waals surface area contributed by atoms with Crippen LogP contribution in [0.15, 0.2) is 40.9 Å². The summed E-state index contributed by atoms with van der Waals surface area (Å²) in [4.78, 5) is 0. The van der Waals surface area contributed by atoms with Gasteiger partial charge < -0.3 is 5.32 Å². The van der Waals surface area contributed by atoms with Gasteiger partial charge in [-0.25, -0.2) is 8.78 Å². The summed E-state index contributed by atoms with van der Waals surface area (Å²) >= 11 is 8.88. The van der Waals surface area contributed by atoms with Crippen LogP contribution in [0, 0.1) is 11.6 Å². The van der Waals surface area contributed by atoms with Crippen LogP contribution < -0.4 is 5.32 Å². The predicted molar refractivity (Wildman–Crippen MR) is 85.6 cm³/mol. The second-order valence-corrected chi connectivity index (χ2v) is 6.02. The van der Waals surface area contributed by atoms with Crippen molar-refractivity contribution in [3.05, 3.63) is 68.7 Å². The molecule has 0 amide bonds. The Bertz CT molecular complexity index is 616. The van der Waals surface area contributed by atoms with Crippen LogP contribution in [-0.2, 0) is 0 Å². The highest BCUT2D eigenvalue weighted by molar-refractivity contribution is 9.10. The van der Waals surface area contributed by atoms with Gasteiger partial charge in [0.15, 0.2) is 0 Å². The maximum Gasteiger partial charge on any atom is 0.137 e. The third-order valence-electron chi connectivity index (χ3n) is 3.15. The summed E-state index contributed by atoms with van der Waals surface area (Å²) < 4.78 is 28.1. The number of nitrogens with one attached hydrogen (secondary N) is 1. The average Bonchev–Trinajstić information content (AvgIpc) is 2.46. The lowest BCUT2D eigenvalue weighted by Crippen LogP contribution is -2.24. The van der Waals surface area contributed by atoms with Crippen LogP contribution in [0.1, 0.15) is 30.5 Å². The molecule has 112 valence electrons. The highest BCUT2D eigenvalue weighted by Gasteiger charge is 2.19. The molecule has 0 radical (unpaired) electrons. The van der Waals surface area contributed by atoms with E-state index < -0.39 is 17.7 Å². The van der Waals surface area contributed by atoms with Gasteiger partial charge in [0.1, 0.15) is 11.6 Å². The molecule has 0 saturated carbocycles. The lowest BCUT2D eigenvalue weighted by molar-refractivity contribution is 0.533. The van der Waals surface area contributed by atoms with Crippen LogP contribution in [0.3, 0.4) is 0 Å². The number of rotatable bonds is 5. The lowest BCUT2D eigenvalue weighted by Gasteiger charge is -2.20. The van der Waals surface area contributed by atoms with E-state index in [1.165, 1.54) is 6.07 Å². The van der Waals surface area contributed by atoms with Gasteiger partial charge in [-0.3, -0.25) is 0 Å². The largest absolute Gasteiger partial charge is 0.306 e. The molecule has 0 spiro atoms. The maximum absolute atomic E-state index is 14.2. The van der Waals surface area contributed by atoms with Gasteiger partial charge in [0.05, 0.1) is 10.5 Å². The van der Waals surface area contributed by atoms with E-state index in [4.69, 9.17) is 11.6 Å². The van der Waals surface area contributed by atoms with Gasteiger partial charge in [-0.05, 0) is 58.7 Å². The Kier molecular flexibility index (Phi) is 5.73. The van der Waals surface area contributed by atoms with Gasteiger partial charge in [-0.2, -0.15) is 0 Å². The molecule has 0 bridgehead atoms. The normalized spacial score (nSPS) is 12.4. The number of halogens is 4. The molecule has 21 heavy (non-hydrogen) atoms. The highest BCUT2D eigenvalue weighted by atomic mass is 79.9. The molecule has 0 aliphatic carbocycles. The highest BCUT2D eigenvalue weighted by Crippen LogP contribution is 2.29. The van der Waals surface area contributed by atoms with Crippen molar-refractivity contribution in [2.75, 3.05) is 6.54 Å². The smallest absolute Gasteiger partial charge is 0.137 e. The standard InChI is InChI=1S/C16H15BrClF2N/c1-2-7-21-16(10-3-5-11(18)6-4-10)12-8-15(20)13(17)9-14(12)19/h3-6,8-9,16,21H,2,7H2,1H3. The van der Waals surface area contributed by atoms with Crippen LogP contribution >= 0.6 is 27.5 Å². The summed E-state index contributed by atoms with van der Waals surface area (Å²) in [6.07, 6.45) is 0.894. The third kappa shape index (κ3) is 4.02. The Morgan fingerprint density at radius 2 is 1.81 bits per heavy atom. The Morgan fingerprint density at radius 1 is 1.14 bits per heavy atom. The minimum atomic E-state index is -0.483. The number of hydrogen-bond donors (Lipinski definition) is 1. The molecule has 0 aliphatic heterocycles. The average molecular weight is 375 g/mol. The van der Waals surface area contributed by atoms with E-state index in [2.05, 4.69) is 21.2 Å². The van der Waals surface area contributed by atoms with E-state index in [0.29, 0.717) is 11.6 Å². The summed E-state index contributed by atoms with van der Waals surface area (Å²) in [6, 6.07) is 9.08. The van der Waals surface area contributed by atoms with Crippen molar-refractivity contribution in [2.45, 2.75) is 19.4 Å². The first-order chi connectivity index (χ1) is 10.0. The molecule has 5 heteroatoms. The van der Waals surface area contributed by atoms with Crippen molar-refractivity contribution < 1.29 is 8.78 Å². The molecule has 1 unspecified atom stereocenters. The minimum absolute atomic E-state index is 0.120. The maximum atomic E-state index is 14.2. The zero-order chi connectivity index (χ0) is 15.4. The SMILES string of the molecule is CCCNC(c1ccc(Cl)cc1)c1cc(F)c(Br)cc1F. The van der Waals surface area contributed by atoms with E-state index >= 15 is 0 Å². The van der Waals surface area contributed by atoms with Crippen molar-refractivity contribution in [1.82, 2.24) is 5.32 Å². The molecule has 0 saturated heterocycles. The summed E-state index contributed by atoms with van der Waals surface area (Å²) in [7, 11) is 0. The minimum Gasteiger partial charge on any atom is -0.306 e. The molecule has 0 aliphatic rings. The molecular weight excluding hydrogens is 360 g/mol. The van der Waals surface area contributed by atoms with E-state index in [1.807, 2.05) is 19.1 Å². The van der Waals surface area contributed by atoms with E-state index in [9.17, 15) is 8.78 Å². The van der Waals surface area contributed by atoms with Gasteiger partial charge in [-0.15, -0.1) is 0 Å². The van der Waals surface area contributed by atoms with E-state index in [0.717, 1.165) is 18.1 Å². The fraction of sp³-hybridized carbons (Fsp3) is 0.250. The lowest BCUT2D eigenvalue weighted by atomic mass is 9.98. The monoisotopic (exact) mass is 373 g/mol. The first-order valence-electron chi connectivity index (χ1n) is 6.66. The van der Waals surface area contributed by atoms with Crippen LogP contribution in [0.5, 0.6) is 0 Å². The zero-order valence-electron chi connectivity index (χ0n) is 11.5. The Balaban J connectivity index is 2.45. The first kappa shape index (κ1) is 16.4. The van der Waals surface area contributed by atoms with Crippen LogP contribution in [0.2, 0.25) is 5.02 Å². The van der Waals surface area contributed by atoms with Crippen molar-refractivity contribution >= 4 is 27.5 Å². The van der Waals surface area contributed by atoms with E-state index in [1.54, 1.807) is 12.1 Å². The van der Waals surface area contributed by atoms with Crippen LogP contribution in [0.4, 0.5) is 8.78 Å². The molecule has 1 N–H and O–H groups in total. The summed E-state index contributed by atoms with van der Waals surface area (Å²) in [5.41, 5.74) is 1.12. The van der Waals surface area contributed by atoms with Gasteiger partial charge in [0.25, 0.3) is 0 Å². The second kappa shape index (κ2) is 7.34. The van der Waals surface area contributed by atoms with Gasteiger partial charge in [0.2, 0.25) is 0 Å². The fourth-order valence-electron chi connectivity index (χ4n) is 2.11. The van der Waals surface area contributed by atoms with Crippen molar-refractivity contribution in [2.24, 2.45) is 0 Å². The van der Waals surface area contributed by atoms with Gasteiger partial charge in [0, 0.05) is 10.6 Å². The summed E-state index contributed by atoms with van der Waals surface area (Å²) in [5.74, 6) is -0.935. The molecule has 2 aromatic carbocycles. The molecule has 0 heterocycles. The molecule has 0 fully saturated rings. The van der Waals surface area contributed by atoms with E-state index in [-0.39, 0.29) is 10.0 Å². The van der Waals surface area contributed by atoms with Crippen LogP contribution in [0.25, 0.3) is 0 Å². The Morgan fingerprint density at radius 3 is 2.43 bits per heavy atom. The Hall–Kier alpha value is -0.970. The molecule has 2 aromatic rings. The van der Waals surface area contributed by atoms with Crippen molar-refractivity contribution in [1.29, 1.82) is 0 Å². The second-order valence-electron chi connectivity index (χ2n) is 4.73. The Labute approximate surface area is 136 Å². The summed E-state index contributed by atoms with van der Waals surface area (Å²) in [5, 5.41) is 3.85. The van der Waals surface area contributed by atoms with Gasteiger partial charge in [-0.1, -0.05) is 30.7 Å². The third-order valence-corrected chi connectivity index (χ3v) is 4.01. The van der Waals surface area contributed by atoms with Crippen molar-refractivity contribution in [3.63, 3.8) is 0 Å². The zero-order valence-corrected chi connectivity index (χ0v) is 13.8. The topological polar surface area (TPSA) is 12.0 Å². The molecule has 2 rings (SSSR count). The molecule has 1 atom stereocenters. The molecular formula is C16H15BrClF2N. The number of hydrogen-bond acceptors (Lipinski definition) is 1. The predicted octanol–water partition coefficient (Wildman–Crippen LogP) is 5.47. The molecule has 1 nitrogen and oxygen atoms in total. The fourth-order valence-corrected chi connectivity index (χ4v) is 2.55. The van der Waals surface area contributed by atoms with Crippen molar-refractivity contribution in [3.8, 4) is 0 Å². The first-order valence-corrected chi connectivity index (χ1v) is 7.83. The quantitative estimate of drug-likeness (QED) is 0.684.